The Hall–Kier alpha value is -1.94. The summed E-state index contributed by atoms with van der Waals surface area (Å²) in [5.41, 5.74) is 5.57. The van der Waals surface area contributed by atoms with Gasteiger partial charge >= 0.3 is 0 Å². The van der Waals surface area contributed by atoms with Crippen molar-refractivity contribution in [3.8, 4) is 5.75 Å². The molecule has 1 aliphatic rings. The number of nitrogens with zero attached hydrogens (tertiary/aromatic N) is 1. The molecule has 0 aromatic heterocycles. The number of thioether (sulfide) groups is 1. The highest BCUT2D eigenvalue weighted by Gasteiger charge is 2.34. The summed E-state index contributed by atoms with van der Waals surface area (Å²) < 4.78 is 5.20. The summed E-state index contributed by atoms with van der Waals surface area (Å²) in [7, 11) is 1.68. The van der Waals surface area contributed by atoms with Gasteiger partial charge in [-0.2, -0.15) is 5.10 Å². The summed E-state index contributed by atoms with van der Waals surface area (Å²) in [6.07, 6.45) is 0. The molecule has 0 bridgehead atoms. The first-order valence-electron chi connectivity index (χ1n) is 6.45. The highest BCUT2D eigenvalue weighted by Crippen LogP contribution is 2.40. The Morgan fingerprint density at radius 1 is 1.05 bits per heavy atom. The van der Waals surface area contributed by atoms with Gasteiger partial charge < -0.3 is 4.74 Å². The van der Waals surface area contributed by atoms with E-state index in [0.717, 1.165) is 16.4 Å². The number of nitrogens with one attached hydrogen (secondary N) is 1. The second kappa shape index (κ2) is 5.21. The molecule has 1 heterocycles. The maximum Gasteiger partial charge on any atom is 0.128 e. The fourth-order valence-electron chi connectivity index (χ4n) is 2.13. The van der Waals surface area contributed by atoms with Gasteiger partial charge in [0.25, 0.3) is 0 Å². The molecule has 1 aliphatic heterocycles. The average molecular weight is 284 g/mol. The molecule has 4 heteroatoms. The number of hydrazone groups is 1. The van der Waals surface area contributed by atoms with E-state index in [1.165, 1.54) is 5.56 Å². The van der Waals surface area contributed by atoms with Crippen molar-refractivity contribution in [3.63, 3.8) is 0 Å². The van der Waals surface area contributed by atoms with Crippen molar-refractivity contribution in [3.05, 3.63) is 65.7 Å². The topological polar surface area (TPSA) is 33.6 Å². The molecule has 1 N–H and O–H groups in total. The molecule has 0 amide bonds. The van der Waals surface area contributed by atoms with E-state index in [0.29, 0.717) is 0 Å². The van der Waals surface area contributed by atoms with Crippen LogP contribution in [0, 0.1) is 0 Å². The lowest BCUT2D eigenvalue weighted by Crippen LogP contribution is -2.28. The molecule has 0 radical (unpaired) electrons. The first kappa shape index (κ1) is 13.1. The van der Waals surface area contributed by atoms with Gasteiger partial charge in [-0.3, -0.25) is 5.43 Å². The third-order valence-electron chi connectivity index (χ3n) is 3.33. The van der Waals surface area contributed by atoms with Crippen molar-refractivity contribution < 1.29 is 4.74 Å². The van der Waals surface area contributed by atoms with Crippen molar-refractivity contribution in [1.82, 2.24) is 5.43 Å². The van der Waals surface area contributed by atoms with E-state index in [-0.39, 0.29) is 4.87 Å². The van der Waals surface area contributed by atoms with Crippen LogP contribution in [0.25, 0.3) is 0 Å². The Morgan fingerprint density at radius 3 is 2.40 bits per heavy atom. The van der Waals surface area contributed by atoms with Gasteiger partial charge in [-0.15, -0.1) is 0 Å². The molecule has 1 unspecified atom stereocenters. The Labute approximate surface area is 123 Å². The Bertz CT molecular complexity index is 625. The van der Waals surface area contributed by atoms with E-state index in [1.807, 2.05) is 30.3 Å². The first-order chi connectivity index (χ1) is 9.71. The van der Waals surface area contributed by atoms with E-state index < -0.39 is 0 Å². The molecule has 0 saturated carbocycles. The van der Waals surface area contributed by atoms with Crippen LogP contribution >= 0.6 is 11.8 Å². The minimum Gasteiger partial charge on any atom is -0.497 e. The lowest BCUT2D eigenvalue weighted by Gasteiger charge is -2.23. The zero-order chi connectivity index (χ0) is 14.0. The zero-order valence-corrected chi connectivity index (χ0v) is 12.3. The third-order valence-corrected chi connectivity index (χ3v) is 4.59. The number of ether oxygens (including phenoxy) is 1. The minimum absolute atomic E-state index is 0.239. The quantitative estimate of drug-likeness (QED) is 0.935. The summed E-state index contributed by atoms with van der Waals surface area (Å²) in [6.45, 7) is 2.14. The monoisotopic (exact) mass is 284 g/mol. The SMILES string of the molecule is COc1ccc(C2(C)NN=C(c3ccccc3)S2)cc1. The van der Waals surface area contributed by atoms with Gasteiger partial charge in [0, 0.05) is 5.56 Å². The Kier molecular flexibility index (Phi) is 3.40. The van der Waals surface area contributed by atoms with E-state index in [9.17, 15) is 0 Å². The average Bonchev–Trinajstić information content (AvgIpc) is 2.92. The summed E-state index contributed by atoms with van der Waals surface area (Å²) in [4.78, 5) is -0.239. The standard InChI is InChI=1S/C16H16N2OS/c1-16(13-8-10-14(19-2)11-9-13)18-17-15(20-16)12-6-4-3-5-7-12/h3-11,18H,1-2H3. The molecule has 3 rings (SSSR count). The van der Waals surface area contributed by atoms with Crippen LogP contribution < -0.4 is 10.2 Å². The fraction of sp³-hybridized carbons (Fsp3) is 0.188. The van der Waals surface area contributed by atoms with Crippen molar-refractivity contribution >= 4 is 16.8 Å². The fourth-order valence-corrected chi connectivity index (χ4v) is 3.21. The van der Waals surface area contributed by atoms with Crippen LogP contribution in [0.3, 0.4) is 0 Å². The summed E-state index contributed by atoms with van der Waals surface area (Å²) in [5.74, 6) is 0.865. The highest BCUT2D eigenvalue weighted by molar-refractivity contribution is 8.15. The predicted molar refractivity (Wildman–Crippen MR) is 84.1 cm³/mol. The molecule has 2 aromatic rings. The predicted octanol–water partition coefficient (Wildman–Crippen LogP) is 3.57. The van der Waals surface area contributed by atoms with E-state index >= 15 is 0 Å². The number of benzene rings is 2. The van der Waals surface area contributed by atoms with Gasteiger partial charge in [0.15, 0.2) is 0 Å². The van der Waals surface area contributed by atoms with Gasteiger partial charge in [-0.1, -0.05) is 54.2 Å². The van der Waals surface area contributed by atoms with Crippen LogP contribution in [0.1, 0.15) is 18.1 Å². The van der Waals surface area contributed by atoms with Crippen molar-refractivity contribution in [2.24, 2.45) is 5.10 Å². The number of methoxy groups -OCH3 is 1. The molecule has 1 atom stereocenters. The van der Waals surface area contributed by atoms with Gasteiger partial charge in [0.1, 0.15) is 15.7 Å². The second-order valence-corrected chi connectivity index (χ2v) is 6.17. The summed E-state index contributed by atoms with van der Waals surface area (Å²) in [6, 6.07) is 18.3. The van der Waals surface area contributed by atoms with Gasteiger partial charge in [0.05, 0.1) is 7.11 Å². The van der Waals surface area contributed by atoms with Crippen molar-refractivity contribution in [2.45, 2.75) is 11.8 Å². The molecule has 0 fully saturated rings. The van der Waals surface area contributed by atoms with Gasteiger partial charge in [-0.25, -0.2) is 0 Å². The van der Waals surface area contributed by atoms with Crippen LogP contribution in [0.2, 0.25) is 0 Å². The molecule has 0 spiro atoms. The normalized spacial score (nSPS) is 21.2. The minimum atomic E-state index is -0.239. The van der Waals surface area contributed by atoms with Crippen LogP contribution in [0.5, 0.6) is 5.75 Å². The van der Waals surface area contributed by atoms with E-state index in [2.05, 4.69) is 41.7 Å². The largest absolute Gasteiger partial charge is 0.497 e. The molecule has 0 saturated heterocycles. The maximum atomic E-state index is 5.20. The molecular weight excluding hydrogens is 268 g/mol. The van der Waals surface area contributed by atoms with Crippen LogP contribution in [-0.2, 0) is 4.87 Å². The van der Waals surface area contributed by atoms with Crippen LogP contribution in [0.15, 0.2) is 59.7 Å². The number of rotatable bonds is 3. The van der Waals surface area contributed by atoms with Crippen molar-refractivity contribution in [2.75, 3.05) is 7.11 Å². The third kappa shape index (κ3) is 2.39. The van der Waals surface area contributed by atoms with Gasteiger partial charge in [0.2, 0.25) is 0 Å². The number of hydrogen-bond acceptors (Lipinski definition) is 4. The molecule has 2 aromatic carbocycles. The van der Waals surface area contributed by atoms with E-state index in [4.69, 9.17) is 4.74 Å². The molecule has 20 heavy (non-hydrogen) atoms. The Balaban J connectivity index is 1.82. The lowest BCUT2D eigenvalue weighted by molar-refractivity contribution is 0.414. The lowest BCUT2D eigenvalue weighted by atomic mass is 10.1. The van der Waals surface area contributed by atoms with Gasteiger partial charge in [-0.05, 0) is 24.6 Å². The first-order valence-corrected chi connectivity index (χ1v) is 7.27. The van der Waals surface area contributed by atoms with Crippen LogP contribution in [-0.4, -0.2) is 12.2 Å². The highest BCUT2D eigenvalue weighted by atomic mass is 32.2. The molecule has 3 nitrogen and oxygen atoms in total. The number of hydrogen-bond donors (Lipinski definition) is 1. The summed E-state index contributed by atoms with van der Waals surface area (Å²) >= 11 is 1.73. The maximum absolute atomic E-state index is 5.20. The summed E-state index contributed by atoms with van der Waals surface area (Å²) in [5, 5.41) is 5.49. The molecule has 102 valence electrons. The second-order valence-electron chi connectivity index (χ2n) is 4.76. The molecular formula is C16H16N2OS. The Morgan fingerprint density at radius 2 is 1.75 bits per heavy atom. The smallest absolute Gasteiger partial charge is 0.128 e. The van der Waals surface area contributed by atoms with E-state index in [1.54, 1.807) is 18.9 Å². The molecule has 0 aliphatic carbocycles. The zero-order valence-electron chi connectivity index (χ0n) is 11.5. The van der Waals surface area contributed by atoms with Crippen LogP contribution in [0.4, 0.5) is 0 Å². The van der Waals surface area contributed by atoms with Crippen molar-refractivity contribution in [1.29, 1.82) is 0 Å².